The van der Waals surface area contributed by atoms with Gasteiger partial charge in [0.05, 0.1) is 23.2 Å². The molecule has 138 valence electrons. The average Bonchev–Trinajstić information content (AvgIpc) is 3.10. The first kappa shape index (κ1) is 18.5. The minimum atomic E-state index is -4.39. The highest BCUT2D eigenvalue weighted by molar-refractivity contribution is 5.76. The molecule has 0 radical (unpaired) electrons. The molecular formula is C19H14F3N3O2. The van der Waals surface area contributed by atoms with Crippen LogP contribution in [0.4, 0.5) is 24.5 Å². The van der Waals surface area contributed by atoms with Gasteiger partial charge in [-0.1, -0.05) is 18.1 Å². The molecule has 0 fully saturated rings. The zero-order valence-electron chi connectivity index (χ0n) is 13.9. The molecule has 1 aromatic heterocycles. The monoisotopic (exact) mass is 373 g/mol. The second kappa shape index (κ2) is 7.51. The van der Waals surface area contributed by atoms with E-state index in [1.807, 2.05) is 0 Å². The third-order valence-corrected chi connectivity index (χ3v) is 3.68. The number of aliphatic hydroxyl groups excluding tert-OH is 1. The molecule has 1 unspecified atom stereocenters. The van der Waals surface area contributed by atoms with Gasteiger partial charge >= 0.3 is 6.18 Å². The van der Waals surface area contributed by atoms with Crippen molar-refractivity contribution in [1.29, 1.82) is 0 Å². The van der Waals surface area contributed by atoms with Crippen LogP contribution >= 0.6 is 0 Å². The van der Waals surface area contributed by atoms with E-state index in [9.17, 15) is 18.3 Å². The topological polar surface area (TPSA) is 71.2 Å². The quantitative estimate of drug-likeness (QED) is 0.661. The van der Waals surface area contributed by atoms with E-state index in [0.717, 1.165) is 12.1 Å². The standard InChI is InChI=1S/C19H14F3N3O2/c1-2-14(26)11-17-24-25-18(27-17)15-5-3-4-6-16(15)23-13-9-7-12(8-10-13)19(20,21)22/h1,3-10,14,23,26H,11H2. The molecule has 0 saturated heterocycles. The van der Waals surface area contributed by atoms with E-state index in [-0.39, 0.29) is 18.2 Å². The highest BCUT2D eigenvalue weighted by atomic mass is 19.4. The van der Waals surface area contributed by atoms with Crippen LogP contribution in [0.25, 0.3) is 11.5 Å². The fourth-order valence-corrected chi connectivity index (χ4v) is 2.35. The highest BCUT2D eigenvalue weighted by Crippen LogP contribution is 2.32. The summed E-state index contributed by atoms with van der Waals surface area (Å²) in [7, 11) is 0. The van der Waals surface area contributed by atoms with Crippen molar-refractivity contribution in [2.24, 2.45) is 0 Å². The van der Waals surface area contributed by atoms with Gasteiger partial charge in [-0.2, -0.15) is 13.2 Å². The summed E-state index contributed by atoms with van der Waals surface area (Å²) in [5.41, 5.74) is 0.879. The number of benzene rings is 2. The number of aliphatic hydroxyl groups is 1. The minimum absolute atomic E-state index is 0.0258. The van der Waals surface area contributed by atoms with Gasteiger partial charge < -0.3 is 14.8 Å². The van der Waals surface area contributed by atoms with Crippen LogP contribution in [-0.2, 0) is 12.6 Å². The molecule has 0 bridgehead atoms. The minimum Gasteiger partial charge on any atom is -0.420 e. The van der Waals surface area contributed by atoms with Gasteiger partial charge in [-0.3, -0.25) is 0 Å². The molecule has 2 aromatic carbocycles. The van der Waals surface area contributed by atoms with Crippen LogP contribution in [0.3, 0.4) is 0 Å². The van der Waals surface area contributed by atoms with Crippen LogP contribution < -0.4 is 5.32 Å². The largest absolute Gasteiger partial charge is 0.420 e. The summed E-state index contributed by atoms with van der Waals surface area (Å²) in [5.74, 6) is 2.54. The SMILES string of the molecule is C#CC(O)Cc1nnc(-c2ccccc2Nc2ccc(C(F)(F)F)cc2)o1. The Labute approximate surface area is 152 Å². The van der Waals surface area contributed by atoms with Gasteiger partial charge in [-0.25, -0.2) is 0 Å². The maximum Gasteiger partial charge on any atom is 0.416 e. The number of hydrogen-bond acceptors (Lipinski definition) is 5. The number of nitrogens with zero attached hydrogens (tertiary/aromatic N) is 2. The lowest BCUT2D eigenvalue weighted by Gasteiger charge is -2.11. The second-order valence-corrected chi connectivity index (χ2v) is 5.63. The van der Waals surface area contributed by atoms with E-state index in [4.69, 9.17) is 10.8 Å². The van der Waals surface area contributed by atoms with Crippen molar-refractivity contribution in [3.8, 4) is 23.8 Å². The Kier molecular flexibility index (Phi) is 5.14. The van der Waals surface area contributed by atoms with E-state index in [2.05, 4.69) is 21.4 Å². The Morgan fingerprint density at radius 1 is 1.11 bits per heavy atom. The van der Waals surface area contributed by atoms with E-state index < -0.39 is 17.8 Å². The molecule has 2 N–H and O–H groups in total. The number of rotatable bonds is 5. The molecule has 3 rings (SSSR count). The maximum absolute atomic E-state index is 12.7. The molecule has 0 aliphatic rings. The zero-order valence-corrected chi connectivity index (χ0v) is 13.9. The van der Waals surface area contributed by atoms with E-state index in [0.29, 0.717) is 16.9 Å². The van der Waals surface area contributed by atoms with Crippen molar-refractivity contribution >= 4 is 11.4 Å². The summed E-state index contributed by atoms with van der Waals surface area (Å²) in [6.07, 6.45) is -0.277. The third kappa shape index (κ3) is 4.46. The molecule has 0 amide bonds. The van der Waals surface area contributed by atoms with Gasteiger partial charge in [0.1, 0.15) is 6.10 Å². The fraction of sp³-hybridized carbons (Fsp3) is 0.158. The summed E-state index contributed by atoms with van der Waals surface area (Å²) in [6.45, 7) is 0. The van der Waals surface area contributed by atoms with Gasteiger partial charge in [-0.15, -0.1) is 16.6 Å². The first-order chi connectivity index (χ1) is 12.9. The summed E-state index contributed by atoms with van der Waals surface area (Å²) in [6, 6.07) is 11.6. The van der Waals surface area contributed by atoms with Crippen LogP contribution in [0, 0.1) is 12.3 Å². The van der Waals surface area contributed by atoms with Crippen molar-refractivity contribution in [3.05, 3.63) is 60.0 Å². The lowest BCUT2D eigenvalue weighted by atomic mass is 10.1. The number of aromatic nitrogens is 2. The Morgan fingerprint density at radius 2 is 1.81 bits per heavy atom. The summed E-state index contributed by atoms with van der Waals surface area (Å²) >= 11 is 0. The predicted octanol–water partition coefficient (Wildman–Crippen LogP) is 4.04. The number of terminal acetylenes is 1. The average molecular weight is 373 g/mol. The van der Waals surface area contributed by atoms with Crippen LogP contribution in [0.2, 0.25) is 0 Å². The summed E-state index contributed by atoms with van der Waals surface area (Å²) in [5, 5.41) is 20.3. The van der Waals surface area contributed by atoms with E-state index in [1.54, 1.807) is 24.3 Å². The fourth-order valence-electron chi connectivity index (χ4n) is 2.35. The molecule has 8 heteroatoms. The van der Waals surface area contributed by atoms with Crippen molar-refractivity contribution in [2.45, 2.75) is 18.7 Å². The number of hydrogen-bond donors (Lipinski definition) is 2. The lowest BCUT2D eigenvalue weighted by molar-refractivity contribution is -0.137. The first-order valence-corrected chi connectivity index (χ1v) is 7.87. The van der Waals surface area contributed by atoms with Crippen LogP contribution in [0.5, 0.6) is 0 Å². The number of anilines is 2. The molecule has 0 aliphatic heterocycles. The van der Waals surface area contributed by atoms with Crippen LogP contribution in [0.1, 0.15) is 11.5 Å². The van der Waals surface area contributed by atoms with Crippen molar-refractivity contribution in [1.82, 2.24) is 10.2 Å². The summed E-state index contributed by atoms with van der Waals surface area (Å²) in [4.78, 5) is 0. The smallest absolute Gasteiger partial charge is 0.416 e. The van der Waals surface area contributed by atoms with Crippen LogP contribution in [-0.4, -0.2) is 21.4 Å². The molecular weight excluding hydrogens is 359 g/mol. The van der Waals surface area contributed by atoms with Gasteiger partial charge in [-0.05, 0) is 36.4 Å². The van der Waals surface area contributed by atoms with Crippen molar-refractivity contribution < 1.29 is 22.7 Å². The van der Waals surface area contributed by atoms with Gasteiger partial charge in [0.25, 0.3) is 0 Å². The van der Waals surface area contributed by atoms with E-state index in [1.165, 1.54) is 12.1 Å². The molecule has 0 aliphatic carbocycles. The molecule has 3 aromatic rings. The van der Waals surface area contributed by atoms with Crippen molar-refractivity contribution in [3.63, 3.8) is 0 Å². The van der Waals surface area contributed by atoms with Crippen molar-refractivity contribution in [2.75, 3.05) is 5.32 Å². The van der Waals surface area contributed by atoms with Gasteiger partial charge in [0, 0.05) is 5.69 Å². The Balaban J connectivity index is 1.84. The predicted molar refractivity (Wildman–Crippen MR) is 93.0 cm³/mol. The molecule has 5 nitrogen and oxygen atoms in total. The maximum atomic E-state index is 12.7. The second-order valence-electron chi connectivity index (χ2n) is 5.63. The third-order valence-electron chi connectivity index (χ3n) is 3.68. The lowest BCUT2D eigenvalue weighted by Crippen LogP contribution is -2.06. The Morgan fingerprint density at radius 3 is 2.48 bits per heavy atom. The van der Waals surface area contributed by atoms with Gasteiger partial charge in [0.2, 0.25) is 11.8 Å². The Bertz CT molecular complexity index is 959. The molecule has 1 atom stereocenters. The summed E-state index contributed by atoms with van der Waals surface area (Å²) < 4.78 is 43.5. The molecule has 1 heterocycles. The number of alkyl halides is 3. The normalized spacial score (nSPS) is 12.4. The Hall–Kier alpha value is -3.31. The number of halogens is 3. The molecule has 0 spiro atoms. The van der Waals surface area contributed by atoms with Gasteiger partial charge in [0.15, 0.2) is 0 Å². The zero-order chi connectivity index (χ0) is 19.4. The van der Waals surface area contributed by atoms with Crippen LogP contribution in [0.15, 0.2) is 52.9 Å². The molecule has 0 saturated carbocycles. The number of nitrogens with one attached hydrogen (secondary N) is 1. The van der Waals surface area contributed by atoms with E-state index >= 15 is 0 Å². The number of para-hydroxylation sites is 1. The highest BCUT2D eigenvalue weighted by Gasteiger charge is 2.30. The first-order valence-electron chi connectivity index (χ1n) is 7.87. The molecule has 27 heavy (non-hydrogen) atoms.